The highest BCUT2D eigenvalue weighted by Gasteiger charge is 2.24. The summed E-state index contributed by atoms with van der Waals surface area (Å²) in [5.41, 5.74) is 0. The van der Waals surface area contributed by atoms with Crippen molar-refractivity contribution in [2.24, 2.45) is 0 Å². The molecule has 0 aromatic rings. The van der Waals surface area contributed by atoms with E-state index in [0.29, 0.717) is 12.8 Å². The van der Waals surface area contributed by atoms with Gasteiger partial charge in [0.25, 0.3) is 0 Å². The third-order valence-corrected chi connectivity index (χ3v) is 2.48. The molecule has 4 nitrogen and oxygen atoms in total. The number of phosphoric acid groups is 1. The van der Waals surface area contributed by atoms with E-state index in [9.17, 15) is 4.57 Å². The predicted molar refractivity (Wildman–Crippen MR) is 51.2 cm³/mol. The molecule has 0 bridgehead atoms. The van der Waals surface area contributed by atoms with Crippen LogP contribution in [-0.4, -0.2) is 11.0 Å². The van der Waals surface area contributed by atoms with Gasteiger partial charge < -0.3 is 4.52 Å². The van der Waals surface area contributed by atoms with Gasteiger partial charge in [0.05, 0.1) is 12.4 Å². The van der Waals surface area contributed by atoms with Gasteiger partial charge in [-0.05, 0) is 19.8 Å². The first-order valence-electron chi connectivity index (χ1n) is 4.36. The third kappa shape index (κ3) is 5.86. The lowest BCUT2D eigenvalue weighted by Crippen LogP contribution is -2.08. The van der Waals surface area contributed by atoms with Crippen LogP contribution in [0.3, 0.4) is 0 Å². The fourth-order valence-electron chi connectivity index (χ4n) is 0.789. The summed E-state index contributed by atoms with van der Waals surface area (Å²) in [6.07, 6.45) is 3.85. The van der Waals surface area contributed by atoms with Crippen LogP contribution in [0.1, 0.15) is 33.6 Å². The Morgan fingerprint density at radius 3 is 2.38 bits per heavy atom. The minimum absolute atomic E-state index is 0.221. The maximum absolute atomic E-state index is 11.2. The summed E-state index contributed by atoms with van der Waals surface area (Å²) in [7, 11) is -3.89. The zero-order valence-electron chi connectivity index (χ0n) is 8.27. The number of rotatable bonds is 6. The molecule has 78 valence electrons. The highest BCUT2D eigenvalue weighted by molar-refractivity contribution is 7.47. The van der Waals surface area contributed by atoms with Gasteiger partial charge in [0.2, 0.25) is 0 Å². The van der Waals surface area contributed by atoms with E-state index in [1.54, 1.807) is 6.92 Å². The predicted octanol–water partition coefficient (Wildman–Crippen LogP) is 2.84. The van der Waals surface area contributed by atoms with Gasteiger partial charge in [0.15, 0.2) is 0 Å². The molecule has 0 amide bonds. The molecule has 0 aromatic carbocycles. The summed E-state index contributed by atoms with van der Waals surface area (Å²) >= 11 is 0. The van der Waals surface area contributed by atoms with Crippen LogP contribution in [0, 0.1) is 0 Å². The van der Waals surface area contributed by atoms with Crippen molar-refractivity contribution in [2.75, 3.05) is 0 Å². The molecule has 0 saturated heterocycles. The van der Waals surface area contributed by atoms with E-state index >= 15 is 0 Å². The van der Waals surface area contributed by atoms with E-state index in [1.807, 2.05) is 13.8 Å². The molecule has 0 aliphatic carbocycles. The molecule has 1 N–H and O–H groups in total. The second-order valence-corrected chi connectivity index (χ2v) is 3.95. The highest BCUT2D eigenvalue weighted by Crippen LogP contribution is 2.45. The summed E-state index contributed by atoms with van der Waals surface area (Å²) in [5.74, 6) is 0. The first-order chi connectivity index (χ1) is 6.05. The molecule has 0 rings (SSSR count). The fraction of sp³-hybridized carbons (Fsp3) is 0.750. The molecule has 0 aromatic heterocycles. The largest absolute Gasteiger partial charge is 0.527 e. The van der Waals surface area contributed by atoms with Crippen LogP contribution >= 0.6 is 7.82 Å². The van der Waals surface area contributed by atoms with Crippen molar-refractivity contribution < 1.29 is 18.5 Å². The minimum Gasteiger partial charge on any atom is -0.412 e. The van der Waals surface area contributed by atoms with Crippen LogP contribution in [0.2, 0.25) is 0 Å². The molecule has 0 radical (unpaired) electrons. The fourth-order valence-corrected chi connectivity index (χ4v) is 1.79. The van der Waals surface area contributed by atoms with E-state index < -0.39 is 7.82 Å². The van der Waals surface area contributed by atoms with Gasteiger partial charge >= 0.3 is 7.82 Å². The van der Waals surface area contributed by atoms with Gasteiger partial charge in [-0.25, -0.2) is 4.57 Å². The molecular weight excluding hydrogens is 191 g/mol. The molecule has 0 heterocycles. The van der Waals surface area contributed by atoms with Crippen molar-refractivity contribution in [3.63, 3.8) is 0 Å². The maximum atomic E-state index is 11.2. The molecule has 0 fully saturated rings. The van der Waals surface area contributed by atoms with Gasteiger partial charge in [0, 0.05) is 0 Å². The zero-order chi connectivity index (χ0) is 10.3. The molecule has 0 aliphatic heterocycles. The Morgan fingerprint density at radius 2 is 2.00 bits per heavy atom. The third-order valence-electron chi connectivity index (χ3n) is 1.52. The molecule has 0 spiro atoms. The lowest BCUT2D eigenvalue weighted by atomic mass is 10.2. The Kier molecular flexibility index (Phi) is 6.04. The minimum atomic E-state index is -3.89. The number of hydrogen-bond acceptors (Lipinski definition) is 3. The number of allylic oxidation sites excluding steroid dienone is 1. The van der Waals surface area contributed by atoms with Gasteiger partial charge in [-0.3, -0.25) is 9.42 Å². The Balaban J connectivity index is 4.06. The molecule has 5 heteroatoms. The standard InChI is InChI=1S/C8H17O4P/c1-4-7-11-13(9,10)12-8(5-2)6-3/h4,7-8H,5-6H2,1-3H3,(H,9,10). The average molecular weight is 208 g/mol. The Labute approximate surface area is 79.2 Å². The second kappa shape index (κ2) is 6.19. The zero-order valence-corrected chi connectivity index (χ0v) is 9.16. The molecule has 13 heavy (non-hydrogen) atoms. The van der Waals surface area contributed by atoms with Crippen molar-refractivity contribution in [1.82, 2.24) is 0 Å². The van der Waals surface area contributed by atoms with E-state index in [1.165, 1.54) is 6.08 Å². The van der Waals surface area contributed by atoms with Gasteiger partial charge in [0.1, 0.15) is 0 Å². The first-order valence-corrected chi connectivity index (χ1v) is 5.86. The molecular formula is C8H17O4P. The normalized spacial score (nSPS) is 16.4. The molecule has 1 unspecified atom stereocenters. The SMILES string of the molecule is CC=COP(=O)(O)OC(CC)CC. The Morgan fingerprint density at radius 1 is 1.46 bits per heavy atom. The van der Waals surface area contributed by atoms with Crippen molar-refractivity contribution in [1.29, 1.82) is 0 Å². The highest BCUT2D eigenvalue weighted by atomic mass is 31.2. The first kappa shape index (κ1) is 12.7. The van der Waals surface area contributed by atoms with Crippen molar-refractivity contribution in [2.45, 2.75) is 39.7 Å². The lowest BCUT2D eigenvalue weighted by molar-refractivity contribution is 0.122. The quantitative estimate of drug-likeness (QED) is 0.538. The van der Waals surface area contributed by atoms with Crippen molar-refractivity contribution in [3.8, 4) is 0 Å². The monoisotopic (exact) mass is 208 g/mol. The van der Waals surface area contributed by atoms with E-state index in [2.05, 4.69) is 4.52 Å². The van der Waals surface area contributed by atoms with Crippen LogP contribution in [-0.2, 0) is 13.6 Å². The van der Waals surface area contributed by atoms with Gasteiger partial charge in [-0.15, -0.1) is 0 Å². The van der Waals surface area contributed by atoms with Crippen LogP contribution < -0.4 is 0 Å². The maximum Gasteiger partial charge on any atom is 0.527 e. The molecule has 0 saturated carbocycles. The van der Waals surface area contributed by atoms with Gasteiger partial charge in [-0.2, -0.15) is 0 Å². The Bertz CT molecular complexity index is 198. The van der Waals surface area contributed by atoms with E-state index in [-0.39, 0.29) is 6.10 Å². The summed E-state index contributed by atoms with van der Waals surface area (Å²) < 4.78 is 20.6. The van der Waals surface area contributed by atoms with E-state index in [4.69, 9.17) is 9.42 Å². The van der Waals surface area contributed by atoms with Crippen LogP contribution in [0.25, 0.3) is 0 Å². The number of phosphoric ester groups is 1. The van der Waals surface area contributed by atoms with Gasteiger partial charge in [-0.1, -0.05) is 19.9 Å². The smallest absolute Gasteiger partial charge is 0.412 e. The summed E-state index contributed by atoms with van der Waals surface area (Å²) in [6, 6.07) is 0. The van der Waals surface area contributed by atoms with E-state index in [0.717, 1.165) is 6.26 Å². The van der Waals surface area contributed by atoms with Crippen molar-refractivity contribution >= 4 is 7.82 Å². The van der Waals surface area contributed by atoms with Crippen LogP contribution in [0.4, 0.5) is 0 Å². The topological polar surface area (TPSA) is 55.8 Å². The molecule has 1 atom stereocenters. The summed E-state index contributed by atoms with van der Waals surface area (Å²) in [4.78, 5) is 9.14. The lowest BCUT2D eigenvalue weighted by Gasteiger charge is -2.16. The Hall–Kier alpha value is -0.310. The summed E-state index contributed by atoms with van der Waals surface area (Å²) in [6.45, 7) is 5.48. The second-order valence-electron chi connectivity index (χ2n) is 2.59. The van der Waals surface area contributed by atoms with Crippen LogP contribution in [0.15, 0.2) is 12.3 Å². The summed E-state index contributed by atoms with van der Waals surface area (Å²) in [5, 5.41) is 0. The average Bonchev–Trinajstić information content (AvgIpc) is 2.11. The van der Waals surface area contributed by atoms with Crippen molar-refractivity contribution in [3.05, 3.63) is 12.3 Å². The number of hydrogen-bond donors (Lipinski definition) is 1. The van der Waals surface area contributed by atoms with Crippen LogP contribution in [0.5, 0.6) is 0 Å². The molecule has 0 aliphatic rings.